The van der Waals surface area contributed by atoms with Gasteiger partial charge in [-0.15, -0.1) is 0 Å². The van der Waals surface area contributed by atoms with Crippen LogP contribution in [0.1, 0.15) is 0 Å². The van der Waals surface area contributed by atoms with E-state index in [2.05, 4.69) is 31.9 Å². The Bertz CT molecular complexity index is 1060. The molecule has 0 spiro atoms. The van der Waals surface area contributed by atoms with E-state index < -0.39 is 0 Å². The van der Waals surface area contributed by atoms with E-state index in [4.69, 9.17) is 4.74 Å². The predicted molar refractivity (Wildman–Crippen MR) is 119 cm³/mol. The second-order valence-corrected chi connectivity index (χ2v) is 8.23. The van der Waals surface area contributed by atoms with Crippen LogP contribution < -0.4 is 4.74 Å². The standard InChI is InChI=1S/C24H14Br2F2O/c25-17-5-11-23(21(13-17)15-1-7-19(27)8-2-15)29-24-12-6-18(26)14-22(24)16-3-9-20(28)10-4-16/h1-14H. The zero-order chi connectivity index (χ0) is 20.4. The first-order valence-corrected chi connectivity index (χ1v) is 10.4. The molecule has 1 nitrogen and oxygen atoms in total. The topological polar surface area (TPSA) is 9.23 Å². The largest absolute Gasteiger partial charge is 0.456 e. The van der Waals surface area contributed by atoms with Gasteiger partial charge in [-0.2, -0.15) is 0 Å². The van der Waals surface area contributed by atoms with Crippen molar-refractivity contribution >= 4 is 31.9 Å². The van der Waals surface area contributed by atoms with E-state index in [-0.39, 0.29) is 11.6 Å². The lowest BCUT2D eigenvalue weighted by Gasteiger charge is -2.16. The molecule has 0 atom stereocenters. The fraction of sp³-hybridized carbons (Fsp3) is 0. The molecule has 144 valence electrons. The molecule has 29 heavy (non-hydrogen) atoms. The number of ether oxygens (including phenoxy) is 1. The monoisotopic (exact) mass is 514 g/mol. The average Bonchev–Trinajstić information content (AvgIpc) is 2.72. The van der Waals surface area contributed by atoms with Crippen LogP contribution in [-0.4, -0.2) is 0 Å². The summed E-state index contributed by atoms with van der Waals surface area (Å²) >= 11 is 6.98. The van der Waals surface area contributed by atoms with Gasteiger partial charge in [0.1, 0.15) is 23.1 Å². The van der Waals surface area contributed by atoms with Crippen LogP contribution in [0.15, 0.2) is 93.9 Å². The maximum absolute atomic E-state index is 13.4. The Morgan fingerprint density at radius 1 is 0.517 bits per heavy atom. The summed E-state index contributed by atoms with van der Waals surface area (Å²) in [4.78, 5) is 0. The minimum absolute atomic E-state index is 0.294. The maximum atomic E-state index is 13.4. The highest BCUT2D eigenvalue weighted by Gasteiger charge is 2.13. The molecule has 0 fully saturated rings. The molecule has 5 heteroatoms. The highest BCUT2D eigenvalue weighted by molar-refractivity contribution is 9.10. The lowest BCUT2D eigenvalue weighted by Crippen LogP contribution is -1.92. The summed E-state index contributed by atoms with van der Waals surface area (Å²) in [5.74, 6) is 0.673. The number of hydrogen-bond acceptors (Lipinski definition) is 1. The Morgan fingerprint density at radius 2 is 0.897 bits per heavy atom. The molecule has 0 bridgehead atoms. The van der Waals surface area contributed by atoms with Crippen molar-refractivity contribution in [3.8, 4) is 33.8 Å². The Kier molecular flexibility index (Phi) is 5.79. The van der Waals surface area contributed by atoms with E-state index in [1.807, 2.05) is 36.4 Å². The van der Waals surface area contributed by atoms with Gasteiger partial charge in [0.05, 0.1) is 0 Å². The van der Waals surface area contributed by atoms with E-state index in [9.17, 15) is 8.78 Å². The Labute approximate surface area is 184 Å². The molecule has 4 aromatic carbocycles. The van der Waals surface area contributed by atoms with Crippen LogP contribution in [0.2, 0.25) is 0 Å². The summed E-state index contributed by atoms with van der Waals surface area (Å²) in [6, 6.07) is 23.9. The van der Waals surface area contributed by atoms with Crippen molar-refractivity contribution in [2.24, 2.45) is 0 Å². The fourth-order valence-corrected chi connectivity index (χ4v) is 3.73. The third-order valence-electron chi connectivity index (χ3n) is 4.41. The Balaban J connectivity index is 1.79. The van der Waals surface area contributed by atoms with Crippen molar-refractivity contribution < 1.29 is 13.5 Å². The number of hydrogen-bond donors (Lipinski definition) is 0. The highest BCUT2D eigenvalue weighted by atomic mass is 79.9. The minimum atomic E-state index is -0.294. The quantitative estimate of drug-likeness (QED) is 0.264. The molecule has 0 radical (unpaired) electrons. The molecule has 0 heterocycles. The third kappa shape index (κ3) is 4.57. The Hall–Kier alpha value is -2.50. The zero-order valence-electron chi connectivity index (χ0n) is 15.0. The van der Waals surface area contributed by atoms with Gasteiger partial charge in [-0.3, -0.25) is 0 Å². The van der Waals surface area contributed by atoms with Crippen LogP contribution >= 0.6 is 31.9 Å². The molecule has 4 aromatic rings. The van der Waals surface area contributed by atoms with Gasteiger partial charge in [0, 0.05) is 20.1 Å². The second-order valence-electron chi connectivity index (χ2n) is 6.40. The first-order chi connectivity index (χ1) is 14.0. The zero-order valence-corrected chi connectivity index (χ0v) is 18.2. The first-order valence-electron chi connectivity index (χ1n) is 8.78. The SMILES string of the molecule is Fc1ccc(-c2cc(Br)ccc2Oc2ccc(Br)cc2-c2ccc(F)cc2)cc1. The van der Waals surface area contributed by atoms with Crippen molar-refractivity contribution in [1.29, 1.82) is 0 Å². The summed E-state index contributed by atoms with van der Waals surface area (Å²) in [5.41, 5.74) is 3.32. The van der Waals surface area contributed by atoms with Gasteiger partial charge in [0.25, 0.3) is 0 Å². The summed E-state index contributed by atoms with van der Waals surface area (Å²) in [7, 11) is 0. The molecule has 0 N–H and O–H groups in total. The summed E-state index contributed by atoms with van der Waals surface area (Å²) in [6.45, 7) is 0. The van der Waals surface area contributed by atoms with Gasteiger partial charge in [0.15, 0.2) is 0 Å². The normalized spacial score (nSPS) is 10.8. The van der Waals surface area contributed by atoms with Crippen molar-refractivity contribution in [3.63, 3.8) is 0 Å². The predicted octanol–water partition coefficient (Wildman–Crippen LogP) is 8.62. The molecule has 0 aromatic heterocycles. The molecular weight excluding hydrogens is 502 g/mol. The van der Waals surface area contributed by atoms with Gasteiger partial charge in [0.2, 0.25) is 0 Å². The van der Waals surface area contributed by atoms with Crippen LogP contribution in [0, 0.1) is 11.6 Å². The highest BCUT2D eigenvalue weighted by Crippen LogP contribution is 2.40. The summed E-state index contributed by atoms with van der Waals surface area (Å²) in [5, 5.41) is 0. The molecule has 0 aliphatic heterocycles. The van der Waals surface area contributed by atoms with E-state index in [1.165, 1.54) is 24.3 Å². The van der Waals surface area contributed by atoms with Crippen molar-refractivity contribution in [1.82, 2.24) is 0 Å². The average molecular weight is 516 g/mol. The van der Waals surface area contributed by atoms with Gasteiger partial charge >= 0.3 is 0 Å². The summed E-state index contributed by atoms with van der Waals surface area (Å²) in [6.07, 6.45) is 0. The maximum Gasteiger partial charge on any atom is 0.135 e. The lowest BCUT2D eigenvalue weighted by atomic mass is 10.0. The molecule has 0 unspecified atom stereocenters. The van der Waals surface area contributed by atoms with Gasteiger partial charge in [-0.25, -0.2) is 8.78 Å². The van der Waals surface area contributed by atoms with Crippen LogP contribution in [0.3, 0.4) is 0 Å². The van der Waals surface area contributed by atoms with E-state index in [1.54, 1.807) is 24.3 Å². The van der Waals surface area contributed by atoms with Crippen LogP contribution in [0.4, 0.5) is 8.78 Å². The van der Waals surface area contributed by atoms with Crippen LogP contribution in [0.25, 0.3) is 22.3 Å². The van der Waals surface area contributed by atoms with E-state index >= 15 is 0 Å². The van der Waals surface area contributed by atoms with Crippen molar-refractivity contribution in [2.75, 3.05) is 0 Å². The van der Waals surface area contributed by atoms with Crippen LogP contribution in [0.5, 0.6) is 11.5 Å². The van der Waals surface area contributed by atoms with E-state index in [0.29, 0.717) is 11.5 Å². The molecule has 0 aliphatic rings. The van der Waals surface area contributed by atoms with Crippen molar-refractivity contribution in [2.45, 2.75) is 0 Å². The fourth-order valence-electron chi connectivity index (χ4n) is 3.01. The smallest absolute Gasteiger partial charge is 0.135 e. The minimum Gasteiger partial charge on any atom is -0.456 e. The van der Waals surface area contributed by atoms with Gasteiger partial charge in [-0.1, -0.05) is 56.1 Å². The van der Waals surface area contributed by atoms with Crippen LogP contribution in [-0.2, 0) is 0 Å². The summed E-state index contributed by atoms with van der Waals surface area (Å²) < 4.78 is 34.8. The van der Waals surface area contributed by atoms with Crippen molar-refractivity contribution in [3.05, 3.63) is 106 Å². The first kappa shape index (κ1) is 19.8. The molecule has 4 rings (SSSR count). The molecular formula is C24H14Br2F2O. The van der Waals surface area contributed by atoms with Gasteiger partial charge < -0.3 is 4.74 Å². The molecule has 0 saturated heterocycles. The van der Waals surface area contributed by atoms with Gasteiger partial charge in [-0.05, 0) is 71.8 Å². The molecule has 0 amide bonds. The molecule has 0 aliphatic carbocycles. The number of halogens is 4. The third-order valence-corrected chi connectivity index (χ3v) is 5.40. The number of benzene rings is 4. The number of rotatable bonds is 4. The second kappa shape index (κ2) is 8.47. The van der Waals surface area contributed by atoms with E-state index in [0.717, 1.165) is 31.2 Å². The Morgan fingerprint density at radius 3 is 1.28 bits per heavy atom. The lowest BCUT2D eigenvalue weighted by molar-refractivity contribution is 0.486. The molecule has 0 saturated carbocycles.